The van der Waals surface area contributed by atoms with Gasteiger partial charge in [-0.15, -0.1) is 11.3 Å². The molecular formula is C17H23NOS. The highest BCUT2D eigenvalue weighted by Crippen LogP contribution is 2.33. The molecule has 20 heavy (non-hydrogen) atoms. The Morgan fingerprint density at radius 3 is 2.25 bits per heavy atom. The fourth-order valence-corrected chi connectivity index (χ4v) is 3.11. The van der Waals surface area contributed by atoms with Crippen LogP contribution in [0.1, 0.15) is 42.1 Å². The summed E-state index contributed by atoms with van der Waals surface area (Å²) < 4.78 is 0. The molecule has 1 aromatic carbocycles. The van der Waals surface area contributed by atoms with E-state index in [1.165, 1.54) is 15.3 Å². The quantitative estimate of drug-likeness (QED) is 0.868. The number of aliphatic hydroxyl groups excluding tert-OH is 1. The number of aryl methyl sites for hydroxylation is 1. The van der Waals surface area contributed by atoms with Crippen LogP contribution in [0.5, 0.6) is 0 Å². The third kappa shape index (κ3) is 3.62. The lowest BCUT2D eigenvalue weighted by molar-refractivity contribution is 0.278. The van der Waals surface area contributed by atoms with Crippen molar-refractivity contribution in [1.29, 1.82) is 0 Å². The molecule has 1 unspecified atom stereocenters. The van der Waals surface area contributed by atoms with Crippen molar-refractivity contribution in [2.24, 2.45) is 0 Å². The molecule has 2 N–H and O–H groups in total. The molecule has 0 radical (unpaired) electrons. The number of aliphatic hydroxyl groups is 1. The second kappa shape index (κ2) is 5.98. The van der Waals surface area contributed by atoms with Gasteiger partial charge in [0.05, 0.1) is 12.6 Å². The van der Waals surface area contributed by atoms with E-state index in [-0.39, 0.29) is 18.1 Å². The fourth-order valence-electron chi connectivity index (χ4n) is 2.00. The molecule has 0 saturated heterocycles. The molecule has 0 aliphatic heterocycles. The maximum absolute atomic E-state index is 9.65. The van der Waals surface area contributed by atoms with E-state index in [1.54, 1.807) is 11.3 Å². The molecule has 108 valence electrons. The van der Waals surface area contributed by atoms with E-state index in [1.807, 2.05) is 0 Å². The first-order valence-corrected chi connectivity index (χ1v) is 7.76. The molecule has 0 amide bonds. The zero-order valence-corrected chi connectivity index (χ0v) is 13.4. The number of anilines is 1. The highest BCUT2D eigenvalue weighted by atomic mass is 32.1. The lowest BCUT2D eigenvalue weighted by Crippen LogP contribution is -2.13. The molecule has 1 atom stereocenters. The molecule has 0 fully saturated rings. The van der Waals surface area contributed by atoms with Gasteiger partial charge < -0.3 is 10.4 Å². The van der Waals surface area contributed by atoms with Crippen molar-refractivity contribution in [3.63, 3.8) is 0 Å². The first-order valence-electron chi connectivity index (χ1n) is 6.94. The maximum Gasteiger partial charge on any atom is 0.0837 e. The molecule has 2 aromatic rings. The van der Waals surface area contributed by atoms with Crippen LogP contribution >= 0.6 is 11.3 Å². The monoisotopic (exact) mass is 289 g/mol. The topological polar surface area (TPSA) is 32.3 Å². The first-order chi connectivity index (χ1) is 9.40. The predicted octanol–water partition coefficient (Wildman–Crippen LogP) is 4.50. The third-order valence-corrected chi connectivity index (χ3v) is 4.91. The Bertz CT molecular complexity index is 551. The summed E-state index contributed by atoms with van der Waals surface area (Å²) in [5.41, 5.74) is 2.44. The average Bonchev–Trinajstić information content (AvgIpc) is 2.87. The van der Waals surface area contributed by atoms with Crippen LogP contribution in [0, 0.1) is 6.92 Å². The first kappa shape index (κ1) is 15.1. The number of nitrogens with one attached hydrogen (secondary N) is 1. The minimum absolute atomic E-state index is 0.0428. The number of hydrogen-bond acceptors (Lipinski definition) is 3. The van der Waals surface area contributed by atoms with Crippen molar-refractivity contribution in [3.8, 4) is 0 Å². The molecule has 0 spiro atoms. The molecule has 1 heterocycles. The molecule has 2 rings (SSSR count). The molecule has 2 nitrogen and oxygen atoms in total. The van der Waals surface area contributed by atoms with Gasteiger partial charge in [-0.3, -0.25) is 0 Å². The van der Waals surface area contributed by atoms with E-state index in [9.17, 15) is 5.11 Å². The van der Waals surface area contributed by atoms with Gasteiger partial charge in [0, 0.05) is 15.4 Å². The van der Waals surface area contributed by atoms with Gasteiger partial charge in [-0.1, -0.05) is 38.5 Å². The van der Waals surface area contributed by atoms with Crippen molar-refractivity contribution in [2.75, 3.05) is 11.9 Å². The molecule has 0 saturated carbocycles. The molecular weight excluding hydrogens is 266 g/mol. The van der Waals surface area contributed by atoms with Gasteiger partial charge >= 0.3 is 0 Å². The van der Waals surface area contributed by atoms with Crippen LogP contribution in [0.15, 0.2) is 36.4 Å². The molecule has 0 aliphatic carbocycles. The second-order valence-corrected chi connectivity index (χ2v) is 7.31. The Morgan fingerprint density at radius 1 is 1.10 bits per heavy atom. The highest BCUT2D eigenvalue weighted by Gasteiger charge is 2.19. The lowest BCUT2D eigenvalue weighted by atomic mass is 9.95. The van der Waals surface area contributed by atoms with Crippen molar-refractivity contribution in [1.82, 2.24) is 0 Å². The Kier molecular flexibility index (Phi) is 4.51. The minimum Gasteiger partial charge on any atom is -0.394 e. The fraction of sp³-hybridized carbons (Fsp3) is 0.412. The lowest BCUT2D eigenvalue weighted by Gasteiger charge is -2.18. The van der Waals surface area contributed by atoms with E-state index < -0.39 is 0 Å². The minimum atomic E-state index is -0.0428. The number of benzene rings is 1. The number of hydrogen-bond donors (Lipinski definition) is 2. The summed E-state index contributed by atoms with van der Waals surface area (Å²) >= 11 is 1.77. The standard InChI is InChI=1S/C17H23NOS/c1-12-5-7-13(8-6-12)18-14(11-19)15-9-10-16(20-15)17(2,3)4/h5-10,14,18-19H,11H2,1-4H3. The zero-order valence-electron chi connectivity index (χ0n) is 12.6. The maximum atomic E-state index is 9.65. The van der Waals surface area contributed by atoms with Crippen LogP contribution in [0.3, 0.4) is 0 Å². The molecule has 0 aliphatic rings. The third-order valence-electron chi connectivity index (χ3n) is 3.28. The highest BCUT2D eigenvalue weighted by molar-refractivity contribution is 7.12. The smallest absolute Gasteiger partial charge is 0.0837 e. The summed E-state index contributed by atoms with van der Waals surface area (Å²) in [7, 11) is 0. The average molecular weight is 289 g/mol. The van der Waals surface area contributed by atoms with Crippen molar-refractivity contribution < 1.29 is 5.11 Å². The van der Waals surface area contributed by atoms with Crippen LogP contribution in [0.25, 0.3) is 0 Å². The van der Waals surface area contributed by atoms with Crippen molar-refractivity contribution in [3.05, 3.63) is 51.7 Å². The summed E-state index contributed by atoms with van der Waals surface area (Å²) in [6.07, 6.45) is 0. The molecule has 3 heteroatoms. The Balaban J connectivity index is 2.16. The molecule has 1 aromatic heterocycles. The van der Waals surface area contributed by atoms with Gasteiger partial charge in [0.15, 0.2) is 0 Å². The van der Waals surface area contributed by atoms with Crippen molar-refractivity contribution in [2.45, 2.75) is 39.2 Å². The van der Waals surface area contributed by atoms with Crippen LogP contribution in [-0.4, -0.2) is 11.7 Å². The summed E-state index contributed by atoms with van der Waals surface area (Å²) in [5.74, 6) is 0. The van der Waals surface area contributed by atoms with Gasteiger partial charge in [0.2, 0.25) is 0 Å². The SMILES string of the molecule is Cc1ccc(NC(CO)c2ccc(C(C)(C)C)s2)cc1. The van der Waals surface area contributed by atoms with Crippen LogP contribution in [0.4, 0.5) is 5.69 Å². The number of rotatable bonds is 4. The summed E-state index contributed by atoms with van der Waals surface area (Å²) in [6, 6.07) is 12.5. The largest absolute Gasteiger partial charge is 0.394 e. The molecule has 0 bridgehead atoms. The number of thiophene rings is 1. The van der Waals surface area contributed by atoms with Gasteiger partial charge in [-0.25, -0.2) is 0 Å². The predicted molar refractivity (Wildman–Crippen MR) is 87.6 cm³/mol. The van der Waals surface area contributed by atoms with E-state index in [2.05, 4.69) is 69.4 Å². The normalized spacial score (nSPS) is 13.2. The second-order valence-electron chi connectivity index (χ2n) is 6.20. The van der Waals surface area contributed by atoms with Crippen molar-refractivity contribution >= 4 is 17.0 Å². The van der Waals surface area contributed by atoms with Crippen LogP contribution < -0.4 is 5.32 Å². The summed E-state index contributed by atoms with van der Waals surface area (Å²) in [4.78, 5) is 2.52. The van der Waals surface area contributed by atoms with Gasteiger partial charge in [0.25, 0.3) is 0 Å². The van der Waals surface area contributed by atoms with E-state index in [0.717, 1.165) is 5.69 Å². The van der Waals surface area contributed by atoms with Gasteiger partial charge in [-0.2, -0.15) is 0 Å². The van der Waals surface area contributed by atoms with Gasteiger partial charge in [0.1, 0.15) is 0 Å². The van der Waals surface area contributed by atoms with E-state index in [0.29, 0.717) is 0 Å². The Labute approximate surface area is 125 Å². The Morgan fingerprint density at radius 2 is 1.75 bits per heavy atom. The Hall–Kier alpha value is -1.32. The van der Waals surface area contributed by atoms with E-state index >= 15 is 0 Å². The summed E-state index contributed by atoms with van der Waals surface area (Å²) in [6.45, 7) is 8.80. The van der Waals surface area contributed by atoms with Gasteiger partial charge in [-0.05, 0) is 36.6 Å². The van der Waals surface area contributed by atoms with Crippen LogP contribution in [-0.2, 0) is 5.41 Å². The zero-order chi connectivity index (χ0) is 14.8. The van der Waals surface area contributed by atoms with Crippen LogP contribution in [0.2, 0.25) is 0 Å². The van der Waals surface area contributed by atoms with E-state index in [4.69, 9.17) is 0 Å². The summed E-state index contributed by atoms with van der Waals surface area (Å²) in [5, 5.41) is 13.0.